The van der Waals surface area contributed by atoms with Crippen LogP contribution < -0.4 is 30.9 Å². The van der Waals surface area contributed by atoms with Crippen LogP contribution in [-0.4, -0.2) is 69.1 Å². The minimum absolute atomic E-state index is 0.366. The molecule has 0 radical (unpaired) electrons. The fraction of sp³-hybridized carbons (Fsp3) is 0.333. The van der Waals surface area contributed by atoms with Gasteiger partial charge in [-0.3, -0.25) is 18.5 Å². The number of aryl methyl sites for hydroxylation is 1. The predicted octanol–water partition coefficient (Wildman–Crippen LogP) is 2.78. The van der Waals surface area contributed by atoms with E-state index in [0.717, 1.165) is 20.3 Å². The maximum Gasteiger partial charge on any atom is 0.332 e. The monoisotopic (exact) mass is 627 g/mol. The van der Waals surface area contributed by atoms with Gasteiger partial charge in [0, 0.05) is 50.8 Å². The van der Waals surface area contributed by atoms with Gasteiger partial charge in [0.15, 0.2) is 16.3 Å². The summed E-state index contributed by atoms with van der Waals surface area (Å²) in [4.78, 5) is 35.0. The summed E-state index contributed by atoms with van der Waals surface area (Å²) in [5.41, 5.74) is 1.72. The fourth-order valence-corrected chi connectivity index (χ4v) is 5.37. The van der Waals surface area contributed by atoms with E-state index >= 15 is 0 Å². The highest BCUT2D eigenvalue weighted by molar-refractivity contribution is 9.10. The molecule has 0 aliphatic carbocycles. The first kappa shape index (κ1) is 27.7. The molecular formula is C27H30BrN7O4S. The first-order valence-electron chi connectivity index (χ1n) is 12.7. The summed E-state index contributed by atoms with van der Waals surface area (Å²) in [5.74, 6) is 2.00. The van der Waals surface area contributed by atoms with Crippen LogP contribution in [0.4, 0.5) is 11.6 Å². The Kier molecular flexibility index (Phi) is 7.86. The van der Waals surface area contributed by atoms with E-state index in [9.17, 15) is 9.59 Å². The summed E-state index contributed by atoms with van der Waals surface area (Å²) in [6.07, 6.45) is 0. The van der Waals surface area contributed by atoms with Gasteiger partial charge in [-0.2, -0.15) is 4.98 Å². The van der Waals surface area contributed by atoms with Crippen molar-refractivity contribution in [2.45, 2.75) is 6.54 Å². The number of fused-ring (bicyclic) bond motifs is 1. The van der Waals surface area contributed by atoms with Crippen LogP contribution in [0, 0.1) is 0 Å². The number of nitrogens with one attached hydrogen (secondary N) is 1. The molecule has 0 bridgehead atoms. The Bertz CT molecular complexity index is 1690. The molecule has 2 aromatic heterocycles. The summed E-state index contributed by atoms with van der Waals surface area (Å²) in [7, 11) is 6.35. The highest BCUT2D eigenvalue weighted by atomic mass is 79.9. The Labute approximate surface area is 244 Å². The van der Waals surface area contributed by atoms with E-state index < -0.39 is 5.69 Å². The van der Waals surface area contributed by atoms with Gasteiger partial charge < -0.3 is 24.6 Å². The van der Waals surface area contributed by atoms with E-state index in [4.69, 9.17) is 26.7 Å². The molecule has 5 rings (SSSR count). The number of hydrogen-bond donors (Lipinski definition) is 1. The van der Waals surface area contributed by atoms with Crippen molar-refractivity contribution in [3.63, 3.8) is 0 Å². The van der Waals surface area contributed by atoms with Crippen molar-refractivity contribution in [1.29, 1.82) is 0 Å². The lowest BCUT2D eigenvalue weighted by atomic mass is 10.2. The summed E-state index contributed by atoms with van der Waals surface area (Å²) >= 11 is 9.21. The number of halogens is 1. The van der Waals surface area contributed by atoms with Gasteiger partial charge in [-0.15, -0.1) is 0 Å². The lowest BCUT2D eigenvalue weighted by molar-refractivity contribution is 0.385. The zero-order chi connectivity index (χ0) is 28.6. The van der Waals surface area contributed by atoms with E-state index in [1.54, 1.807) is 21.3 Å². The summed E-state index contributed by atoms with van der Waals surface area (Å²) in [5, 5.41) is 3.86. The topological polar surface area (TPSA) is 98.8 Å². The maximum absolute atomic E-state index is 13.3. The second-order valence-electron chi connectivity index (χ2n) is 9.47. The third-order valence-corrected chi connectivity index (χ3v) is 7.97. The number of methoxy groups -OCH3 is 2. The number of aromatic nitrogens is 4. The summed E-state index contributed by atoms with van der Waals surface area (Å²) in [6, 6.07) is 13.4. The molecule has 0 atom stereocenters. The van der Waals surface area contributed by atoms with Crippen molar-refractivity contribution in [1.82, 2.24) is 23.6 Å². The van der Waals surface area contributed by atoms with Crippen LogP contribution in [0.5, 0.6) is 11.5 Å². The number of piperazine rings is 1. The lowest BCUT2D eigenvalue weighted by Crippen LogP contribution is -2.50. The molecular weight excluding hydrogens is 598 g/mol. The van der Waals surface area contributed by atoms with Crippen LogP contribution >= 0.6 is 28.1 Å². The maximum atomic E-state index is 13.3. The number of benzene rings is 2. The van der Waals surface area contributed by atoms with E-state index in [2.05, 4.69) is 31.0 Å². The zero-order valence-corrected chi connectivity index (χ0v) is 25.1. The van der Waals surface area contributed by atoms with Gasteiger partial charge >= 0.3 is 5.69 Å². The SMILES string of the molecule is COc1ccc(OC)c(NC(=S)N2CCN(c3nc4c(c(=O)n(C)c(=O)n4C)n3Cc3ccc(Br)cc3)CC2)c1. The highest BCUT2D eigenvalue weighted by Crippen LogP contribution is 2.29. The molecule has 1 aliphatic rings. The first-order chi connectivity index (χ1) is 19.2. The molecule has 11 nitrogen and oxygen atoms in total. The molecule has 1 aliphatic heterocycles. The first-order valence-corrected chi connectivity index (χ1v) is 13.9. The van der Waals surface area contributed by atoms with Gasteiger partial charge in [0.1, 0.15) is 11.5 Å². The Morgan fingerprint density at radius 3 is 2.35 bits per heavy atom. The normalized spacial score (nSPS) is 13.5. The van der Waals surface area contributed by atoms with Crippen LogP contribution in [0.2, 0.25) is 0 Å². The smallest absolute Gasteiger partial charge is 0.332 e. The molecule has 1 N–H and O–H groups in total. The van der Waals surface area contributed by atoms with E-state index in [1.165, 1.54) is 11.6 Å². The molecule has 40 heavy (non-hydrogen) atoms. The summed E-state index contributed by atoms with van der Waals surface area (Å²) in [6.45, 7) is 2.94. The Morgan fingerprint density at radius 2 is 1.70 bits per heavy atom. The average Bonchev–Trinajstić information content (AvgIpc) is 3.35. The Hall–Kier alpha value is -3.84. The van der Waals surface area contributed by atoms with Gasteiger partial charge in [-0.05, 0) is 42.0 Å². The molecule has 3 heterocycles. The second kappa shape index (κ2) is 11.3. The van der Waals surface area contributed by atoms with Gasteiger partial charge in [-0.25, -0.2) is 4.79 Å². The van der Waals surface area contributed by atoms with Gasteiger partial charge in [0.2, 0.25) is 5.95 Å². The molecule has 13 heteroatoms. The number of rotatable bonds is 6. The molecule has 0 saturated carbocycles. The number of hydrogen-bond acceptors (Lipinski definition) is 7. The van der Waals surface area contributed by atoms with Crippen LogP contribution in [-0.2, 0) is 20.6 Å². The standard InChI is InChI=1S/C27H30BrN7O4S/c1-31-23-22(24(36)32(2)27(31)37)35(16-17-5-7-18(28)8-6-17)25(30-23)33-11-13-34(14-12-33)26(40)29-20-15-19(38-3)9-10-21(20)39-4/h5-10,15H,11-14,16H2,1-4H3,(H,29,40). The number of anilines is 2. The number of nitrogens with zero attached hydrogens (tertiary/aromatic N) is 6. The number of ether oxygens (including phenoxy) is 2. The quantitative estimate of drug-likeness (QED) is 0.324. The van der Waals surface area contributed by atoms with E-state index in [1.807, 2.05) is 47.0 Å². The fourth-order valence-electron chi connectivity index (χ4n) is 4.81. The molecule has 4 aromatic rings. The predicted molar refractivity (Wildman–Crippen MR) is 163 cm³/mol. The van der Waals surface area contributed by atoms with Gasteiger partial charge in [0.25, 0.3) is 5.56 Å². The zero-order valence-electron chi connectivity index (χ0n) is 22.7. The van der Waals surface area contributed by atoms with Crippen molar-refractivity contribution < 1.29 is 9.47 Å². The van der Waals surface area contributed by atoms with Crippen LogP contribution in [0.25, 0.3) is 11.2 Å². The largest absolute Gasteiger partial charge is 0.497 e. The van der Waals surface area contributed by atoms with Crippen LogP contribution in [0.1, 0.15) is 5.56 Å². The third-order valence-electron chi connectivity index (χ3n) is 7.08. The minimum atomic E-state index is -0.411. The van der Waals surface area contributed by atoms with E-state index in [-0.39, 0.29) is 5.56 Å². The molecule has 0 unspecified atom stereocenters. The second-order valence-corrected chi connectivity index (χ2v) is 10.8. The van der Waals surface area contributed by atoms with Crippen molar-refractivity contribution in [3.8, 4) is 11.5 Å². The Morgan fingerprint density at radius 1 is 1.00 bits per heavy atom. The summed E-state index contributed by atoms with van der Waals surface area (Å²) < 4.78 is 16.2. The van der Waals surface area contributed by atoms with Crippen molar-refractivity contribution in [2.75, 3.05) is 50.6 Å². The highest BCUT2D eigenvalue weighted by Gasteiger charge is 2.27. The van der Waals surface area contributed by atoms with Crippen LogP contribution in [0.3, 0.4) is 0 Å². The molecule has 210 valence electrons. The van der Waals surface area contributed by atoms with Crippen molar-refractivity contribution >= 4 is 56.1 Å². The van der Waals surface area contributed by atoms with E-state index in [0.29, 0.717) is 66.4 Å². The molecule has 0 amide bonds. The molecule has 2 aromatic carbocycles. The lowest BCUT2D eigenvalue weighted by Gasteiger charge is -2.37. The van der Waals surface area contributed by atoms with Gasteiger partial charge in [-0.1, -0.05) is 28.1 Å². The minimum Gasteiger partial charge on any atom is -0.497 e. The Balaban J connectivity index is 1.42. The number of imidazole rings is 1. The van der Waals surface area contributed by atoms with Crippen molar-refractivity contribution in [3.05, 3.63) is 73.3 Å². The molecule has 1 fully saturated rings. The average molecular weight is 629 g/mol. The molecule has 0 spiro atoms. The van der Waals surface area contributed by atoms with Crippen LogP contribution in [0.15, 0.2) is 56.5 Å². The molecule has 1 saturated heterocycles. The third kappa shape index (κ3) is 5.18. The number of thiocarbonyl (C=S) groups is 1. The van der Waals surface area contributed by atoms with Gasteiger partial charge in [0.05, 0.1) is 26.5 Å². The van der Waals surface area contributed by atoms with Crippen molar-refractivity contribution in [2.24, 2.45) is 14.1 Å².